The summed E-state index contributed by atoms with van der Waals surface area (Å²) >= 11 is 3.37. The van der Waals surface area contributed by atoms with Crippen molar-refractivity contribution in [3.05, 3.63) is 40.6 Å². The third-order valence-corrected chi connectivity index (χ3v) is 3.09. The maximum absolute atomic E-state index is 5.76. The Morgan fingerprint density at radius 3 is 2.65 bits per heavy atom. The van der Waals surface area contributed by atoms with Gasteiger partial charge >= 0.3 is 0 Å². The van der Waals surface area contributed by atoms with E-state index in [0.717, 1.165) is 4.47 Å². The van der Waals surface area contributed by atoms with Crippen molar-refractivity contribution in [3.8, 4) is 17.2 Å². The quantitative estimate of drug-likeness (QED) is 0.848. The monoisotopic (exact) mass is 338 g/mol. The molecule has 0 aliphatic heterocycles. The summed E-state index contributed by atoms with van der Waals surface area (Å²) in [6.07, 6.45) is 1.65. The van der Waals surface area contributed by atoms with Gasteiger partial charge in [-0.2, -0.15) is 0 Å². The lowest BCUT2D eigenvalue weighted by Gasteiger charge is -2.12. The lowest BCUT2D eigenvalue weighted by atomic mass is 10.3. The highest BCUT2D eigenvalue weighted by Crippen LogP contribution is 2.30. The highest BCUT2D eigenvalue weighted by molar-refractivity contribution is 9.10. The number of methoxy groups -OCH3 is 2. The Balaban J connectivity index is 2.18. The van der Waals surface area contributed by atoms with Gasteiger partial charge in [-0.3, -0.25) is 4.98 Å². The number of hydrogen-bond donors (Lipinski definition) is 1. The summed E-state index contributed by atoms with van der Waals surface area (Å²) < 4.78 is 17.1. The van der Waals surface area contributed by atoms with Crippen LogP contribution in [0.1, 0.15) is 5.69 Å². The Hall–Kier alpha value is -1.95. The Labute approximate surface area is 125 Å². The van der Waals surface area contributed by atoms with E-state index in [0.29, 0.717) is 28.6 Å². The van der Waals surface area contributed by atoms with Gasteiger partial charge in [-0.25, -0.2) is 0 Å². The molecule has 2 aromatic rings. The second kappa shape index (κ2) is 6.47. The summed E-state index contributed by atoms with van der Waals surface area (Å²) in [5.41, 5.74) is 7.04. The van der Waals surface area contributed by atoms with Gasteiger partial charge in [0.25, 0.3) is 0 Å². The molecule has 0 aliphatic rings. The molecule has 0 aliphatic carbocycles. The van der Waals surface area contributed by atoms with Crippen LogP contribution in [0.4, 0.5) is 5.69 Å². The molecule has 6 heteroatoms. The first-order chi connectivity index (χ1) is 9.63. The minimum absolute atomic E-state index is 0.260. The molecule has 0 spiro atoms. The number of pyridine rings is 1. The number of rotatable bonds is 5. The van der Waals surface area contributed by atoms with Gasteiger partial charge in [-0.1, -0.05) is 15.9 Å². The molecule has 0 unspecified atom stereocenters. The predicted octanol–water partition coefficient (Wildman–Crippen LogP) is 3.02. The first-order valence-corrected chi connectivity index (χ1v) is 6.68. The van der Waals surface area contributed by atoms with Crippen molar-refractivity contribution in [3.63, 3.8) is 0 Å². The Morgan fingerprint density at radius 2 is 2.00 bits per heavy atom. The van der Waals surface area contributed by atoms with Crippen LogP contribution in [0.25, 0.3) is 0 Å². The number of halogens is 1. The van der Waals surface area contributed by atoms with Crippen LogP contribution in [-0.2, 0) is 6.61 Å². The van der Waals surface area contributed by atoms with E-state index in [1.54, 1.807) is 38.6 Å². The van der Waals surface area contributed by atoms with Gasteiger partial charge in [0, 0.05) is 28.5 Å². The zero-order chi connectivity index (χ0) is 14.5. The van der Waals surface area contributed by atoms with Gasteiger partial charge in [0.05, 0.1) is 14.2 Å². The number of anilines is 1. The van der Waals surface area contributed by atoms with Gasteiger partial charge in [0.1, 0.15) is 18.1 Å². The second-order valence-corrected chi connectivity index (χ2v) is 4.92. The van der Waals surface area contributed by atoms with Gasteiger partial charge in [0.2, 0.25) is 0 Å². The van der Waals surface area contributed by atoms with E-state index in [-0.39, 0.29) is 6.61 Å². The minimum Gasteiger partial charge on any atom is -0.493 e. The topological polar surface area (TPSA) is 66.6 Å². The maximum atomic E-state index is 5.76. The second-order valence-electron chi connectivity index (χ2n) is 4.00. The number of benzene rings is 1. The zero-order valence-electron chi connectivity index (χ0n) is 11.2. The van der Waals surface area contributed by atoms with Crippen LogP contribution in [0.3, 0.4) is 0 Å². The van der Waals surface area contributed by atoms with Crippen molar-refractivity contribution in [1.82, 2.24) is 4.98 Å². The minimum atomic E-state index is 0.260. The van der Waals surface area contributed by atoms with E-state index < -0.39 is 0 Å². The van der Waals surface area contributed by atoms with E-state index in [1.165, 1.54) is 0 Å². The molecule has 20 heavy (non-hydrogen) atoms. The summed E-state index contributed by atoms with van der Waals surface area (Å²) in [4.78, 5) is 4.25. The smallest absolute Gasteiger partial charge is 0.185 e. The van der Waals surface area contributed by atoms with Crippen molar-refractivity contribution in [2.24, 2.45) is 0 Å². The van der Waals surface area contributed by atoms with Crippen LogP contribution in [0, 0.1) is 0 Å². The van der Waals surface area contributed by atoms with Crippen LogP contribution in [0.2, 0.25) is 0 Å². The Bertz CT molecular complexity index is 585. The van der Waals surface area contributed by atoms with E-state index in [4.69, 9.17) is 19.9 Å². The van der Waals surface area contributed by atoms with Gasteiger partial charge in [-0.15, -0.1) is 0 Å². The fourth-order valence-electron chi connectivity index (χ4n) is 1.77. The molecule has 0 saturated heterocycles. The molecular formula is C14H15BrN2O3. The van der Waals surface area contributed by atoms with E-state index in [2.05, 4.69) is 20.9 Å². The summed E-state index contributed by atoms with van der Waals surface area (Å²) in [7, 11) is 3.15. The maximum Gasteiger partial charge on any atom is 0.185 e. The van der Waals surface area contributed by atoms with Crippen molar-refractivity contribution in [2.75, 3.05) is 20.0 Å². The predicted molar refractivity (Wildman–Crippen MR) is 80.2 cm³/mol. The standard InChI is InChI=1S/C14H15BrN2O3/c1-18-13-3-4-17-12(14(13)19-2)8-20-11-6-9(15)5-10(16)7-11/h3-7H,8,16H2,1-2H3. The Kier molecular flexibility index (Phi) is 4.68. The number of hydrogen-bond acceptors (Lipinski definition) is 5. The van der Waals surface area contributed by atoms with E-state index >= 15 is 0 Å². The number of ether oxygens (including phenoxy) is 3. The van der Waals surface area contributed by atoms with Crippen molar-refractivity contribution in [1.29, 1.82) is 0 Å². The highest BCUT2D eigenvalue weighted by atomic mass is 79.9. The average Bonchev–Trinajstić information content (AvgIpc) is 2.43. The molecule has 5 nitrogen and oxygen atoms in total. The molecule has 0 saturated carbocycles. The first-order valence-electron chi connectivity index (χ1n) is 5.88. The van der Waals surface area contributed by atoms with Crippen LogP contribution in [0.15, 0.2) is 34.9 Å². The first kappa shape index (κ1) is 14.5. The third-order valence-electron chi connectivity index (χ3n) is 2.64. The van der Waals surface area contributed by atoms with Crippen LogP contribution >= 0.6 is 15.9 Å². The molecule has 106 valence electrons. The van der Waals surface area contributed by atoms with Crippen LogP contribution in [-0.4, -0.2) is 19.2 Å². The molecule has 0 atom stereocenters. The van der Waals surface area contributed by atoms with Crippen molar-refractivity contribution >= 4 is 21.6 Å². The normalized spacial score (nSPS) is 10.2. The summed E-state index contributed by atoms with van der Waals surface area (Å²) in [5.74, 6) is 1.84. The molecule has 0 fully saturated rings. The van der Waals surface area contributed by atoms with Gasteiger partial charge < -0.3 is 19.9 Å². The lowest BCUT2D eigenvalue weighted by molar-refractivity contribution is 0.285. The summed E-state index contributed by atoms with van der Waals surface area (Å²) in [6.45, 7) is 0.260. The molecule has 2 N–H and O–H groups in total. The van der Waals surface area contributed by atoms with Gasteiger partial charge in [0.15, 0.2) is 11.5 Å². The largest absolute Gasteiger partial charge is 0.493 e. The SMILES string of the molecule is COc1ccnc(COc2cc(N)cc(Br)c2)c1OC. The molecule has 0 bridgehead atoms. The highest BCUT2D eigenvalue weighted by Gasteiger charge is 2.11. The zero-order valence-corrected chi connectivity index (χ0v) is 12.8. The number of nitrogens with zero attached hydrogens (tertiary/aromatic N) is 1. The van der Waals surface area contributed by atoms with Crippen LogP contribution < -0.4 is 19.9 Å². The molecule has 1 heterocycles. The molecule has 1 aromatic heterocycles. The molecule has 0 amide bonds. The van der Waals surface area contributed by atoms with Crippen molar-refractivity contribution in [2.45, 2.75) is 6.61 Å². The molecule has 1 aromatic carbocycles. The molecule has 2 rings (SSSR count). The number of nitrogen functional groups attached to an aromatic ring is 1. The molecule has 0 radical (unpaired) electrons. The molecular weight excluding hydrogens is 324 g/mol. The number of aromatic nitrogens is 1. The number of nitrogens with two attached hydrogens (primary N) is 1. The van der Waals surface area contributed by atoms with E-state index in [9.17, 15) is 0 Å². The fourth-order valence-corrected chi connectivity index (χ4v) is 2.26. The lowest BCUT2D eigenvalue weighted by Crippen LogP contribution is -2.03. The average molecular weight is 339 g/mol. The van der Waals surface area contributed by atoms with Crippen molar-refractivity contribution < 1.29 is 14.2 Å². The van der Waals surface area contributed by atoms with Gasteiger partial charge in [-0.05, 0) is 12.1 Å². The van der Waals surface area contributed by atoms with Crippen LogP contribution in [0.5, 0.6) is 17.2 Å². The summed E-state index contributed by atoms with van der Waals surface area (Å²) in [6, 6.07) is 7.12. The summed E-state index contributed by atoms with van der Waals surface area (Å²) in [5, 5.41) is 0. The fraction of sp³-hybridized carbons (Fsp3) is 0.214. The Morgan fingerprint density at radius 1 is 1.20 bits per heavy atom. The van der Waals surface area contributed by atoms with E-state index in [1.807, 2.05) is 6.07 Å². The third kappa shape index (κ3) is 3.33.